The predicted molar refractivity (Wildman–Crippen MR) is 111 cm³/mol. The lowest BCUT2D eigenvalue weighted by molar-refractivity contribution is -0.137. The number of benzene rings is 1. The first-order chi connectivity index (χ1) is 15.3. The van der Waals surface area contributed by atoms with Crippen LogP contribution in [0.5, 0.6) is 0 Å². The number of aromatic nitrogens is 4. The number of nitrogens with zero attached hydrogens (tertiary/aromatic N) is 4. The minimum atomic E-state index is -4.47. The van der Waals surface area contributed by atoms with Crippen LogP contribution in [0.3, 0.4) is 0 Å². The maximum absolute atomic E-state index is 13.1. The van der Waals surface area contributed by atoms with Gasteiger partial charge in [0.15, 0.2) is 0 Å². The minimum absolute atomic E-state index is 0.142. The highest BCUT2D eigenvalue weighted by Crippen LogP contribution is 2.32. The molecule has 0 aliphatic heterocycles. The van der Waals surface area contributed by atoms with Crippen LogP contribution >= 0.6 is 0 Å². The van der Waals surface area contributed by atoms with E-state index in [0.29, 0.717) is 16.8 Å². The van der Waals surface area contributed by atoms with Gasteiger partial charge < -0.3 is 10.2 Å². The SMILES string of the molecule is O=c1c2cc(-c3ccc(C(F)(F)F)cc3)nc(-c3cccnc3)c2ncn1C(CO)CO. The molecule has 0 unspecified atom stereocenters. The van der Waals surface area contributed by atoms with E-state index in [1.165, 1.54) is 30.7 Å². The number of fused-ring (bicyclic) bond motifs is 1. The van der Waals surface area contributed by atoms with Gasteiger partial charge in [-0.05, 0) is 30.3 Å². The van der Waals surface area contributed by atoms with Crippen LogP contribution in [0.1, 0.15) is 11.6 Å². The van der Waals surface area contributed by atoms with Crippen molar-refractivity contribution in [2.24, 2.45) is 0 Å². The Kier molecular flexibility index (Phi) is 5.72. The molecule has 164 valence electrons. The maximum Gasteiger partial charge on any atom is 0.416 e. The molecule has 0 bridgehead atoms. The summed E-state index contributed by atoms with van der Waals surface area (Å²) in [5.74, 6) is 0. The Morgan fingerprint density at radius 2 is 1.75 bits per heavy atom. The largest absolute Gasteiger partial charge is 0.416 e. The lowest BCUT2D eigenvalue weighted by atomic mass is 10.0. The van der Waals surface area contributed by atoms with Crippen LogP contribution in [0.2, 0.25) is 0 Å². The zero-order valence-electron chi connectivity index (χ0n) is 16.5. The van der Waals surface area contributed by atoms with E-state index < -0.39 is 36.6 Å². The topological polar surface area (TPSA) is 101 Å². The molecule has 3 heterocycles. The van der Waals surface area contributed by atoms with Gasteiger partial charge >= 0.3 is 6.18 Å². The average Bonchev–Trinajstić information content (AvgIpc) is 2.81. The van der Waals surface area contributed by atoms with Crippen molar-refractivity contribution in [2.75, 3.05) is 13.2 Å². The molecule has 0 spiro atoms. The summed E-state index contributed by atoms with van der Waals surface area (Å²) in [6.07, 6.45) is -0.146. The first-order valence-electron chi connectivity index (χ1n) is 9.55. The molecule has 0 saturated carbocycles. The Labute approximate surface area is 179 Å². The summed E-state index contributed by atoms with van der Waals surface area (Å²) in [5.41, 5.74) is 0.490. The number of aliphatic hydroxyl groups excluding tert-OH is 2. The fourth-order valence-electron chi connectivity index (χ4n) is 3.32. The molecule has 0 radical (unpaired) electrons. The molecule has 4 aromatic rings. The molecule has 0 amide bonds. The molecule has 32 heavy (non-hydrogen) atoms. The summed E-state index contributed by atoms with van der Waals surface area (Å²) in [4.78, 5) is 26.1. The average molecular weight is 442 g/mol. The normalized spacial score (nSPS) is 11.9. The van der Waals surface area contributed by atoms with Gasteiger partial charge in [-0.15, -0.1) is 0 Å². The molecule has 1 aromatic carbocycles. The second-order valence-corrected chi connectivity index (χ2v) is 7.05. The van der Waals surface area contributed by atoms with Crippen LogP contribution in [-0.2, 0) is 6.18 Å². The van der Waals surface area contributed by atoms with Crippen molar-refractivity contribution >= 4 is 10.9 Å². The van der Waals surface area contributed by atoms with Gasteiger partial charge in [0.1, 0.15) is 5.52 Å². The standard InChI is InChI=1S/C22H17F3N4O3/c23-22(24,25)15-5-3-13(4-6-15)18-8-17-20(19(28-18)14-2-1-7-26-9-14)27-12-29(21(17)32)16(10-30)11-31/h1-9,12,16,30-31H,10-11H2. The highest BCUT2D eigenvalue weighted by atomic mass is 19.4. The summed E-state index contributed by atoms with van der Waals surface area (Å²) >= 11 is 0. The van der Waals surface area contributed by atoms with Crippen molar-refractivity contribution in [1.29, 1.82) is 0 Å². The van der Waals surface area contributed by atoms with E-state index in [4.69, 9.17) is 0 Å². The van der Waals surface area contributed by atoms with E-state index >= 15 is 0 Å². The molecule has 2 N–H and O–H groups in total. The molecule has 7 nitrogen and oxygen atoms in total. The van der Waals surface area contributed by atoms with Gasteiger partial charge in [-0.3, -0.25) is 14.3 Å². The van der Waals surface area contributed by atoms with Gasteiger partial charge in [0.2, 0.25) is 0 Å². The van der Waals surface area contributed by atoms with E-state index in [2.05, 4.69) is 15.0 Å². The Balaban J connectivity index is 1.97. The number of hydrogen-bond acceptors (Lipinski definition) is 6. The number of pyridine rings is 2. The third kappa shape index (κ3) is 3.97. The monoisotopic (exact) mass is 442 g/mol. The van der Waals surface area contributed by atoms with Crippen LogP contribution in [0.25, 0.3) is 33.4 Å². The summed E-state index contributed by atoms with van der Waals surface area (Å²) in [5, 5.41) is 19.1. The summed E-state index contributed by atoms with van der Waals surface area (Å²) < 4.78 is 39.9. The Hall–Kier alpha value is -3.63. The van der Waals surface area contributed by atoms with Crippen LogP contribution in [0, 0.1) is 0 Å². The van der Waals surface area contributed by atoms with Crippen molar-refractivity contribution in [3.05, 3.63) is 77.1 Å². The molecule has 0 saturated heterocycles. The summed E-state index contributed by atoms with van der Waals surface area (Å²) in [7, 11) is 0. The van der Waals surface area contributed by atoms with Crippen molar-refractivity contribution < 1.29 is 23.4 Å². The van der Waals surface area contributed by atoms with Crippen molar-refractivity contribution in [1.82, 2.24) is 19.5 Å². The second-order valence-electron chi connectivity index (χ2n) is 7.05. The van der Waals surface area contributed by atoms with Crippen LogP contribution < -0.4 is 5.56 Å². The van der Waals surface area contributed by atoms with E-state index in [-0.39, 0.29) is 16.6 Å². The fraction of sp³-hybridized carbons (Fsp3) is 0.182. The molecule has 0 fully saturated rings. The first kappa shape index (κ1) is 21.6. The van der Waals surface area contributed by atoms with Gasteiger partial charge in [0.25, 0.3) is 5.56 Å². The number of hydrogen-bond donors (Lipinski definition) is 2. The van der Waals surface area contributed by atoms with E-state index in [0.717, 1.165) is 16.7 Å². The van der Waals surface area contributed by atoms with Crippen LogP contribution in [0.15, 0.2) is 66.0 Å². The summed E-state index contributed by atoms with van der Waals surface area (Å²) in [6, 6.07) is 8.41. The zero-order valence-corrected chi connectivity index (χ0v) is 16.5. The van der Waals surface area contributed by atoms with Gasteiger partial charge in [-0.2, -0.15) is 13.2 Å². The molecule has 0 aliphatic carbocycles. The first-order valence-corrected chi connectivity index (χ1v) is 9.55. The number of halogens is 3. The highest BCUT2D eigenvalue weighted by Gasteiger charge is 2.30. The molecular formula is C22H17F3N4O3. The van der Waals surface area contributed by atoms with Crippen LogP contribution in [0.4, 0.5) is 13.2 Å². The highest BCUT2D eigenvalue weighted by molar-refractivity contribution is 5.93. The van der Waals surface area contributed by atoms with Crippen LogP contribution in [-0.4, -0.2) is 42.9 Å². The Morgan fingerprint density at radius 3 is 2.34 bits per heavy atom. The van der Waals surface area contributed by atoms with Crippen molar-refractivity contribution in [3.8, 4) is 22.5 Å². The van der Waals surface area contributed by atoms with Gasteiger partial charge in [-0.25, -0.2) is 9.97 Å². The number of alkyl halides is 3. The minimum Gasteiger partial charge on any atom is -0.394 e. The van der Waals surface area contributed by atoms with Crippen molar-refractivity contribution in [3.63, 3.8) is 0 Å². The molecule has 3 aromatic heterocycles. The van der Waals surface area contributed by atoms with E-state index in [1.807, 2.05) is 0 Å². The summed E-state index contributed by atoms with van der Waals surface area (Å²) in [6.45, 7) is -0.953. The molecule has 4 rings (SSSR count). The zero-order chi connectivity index (χ0) is 22.9. The predicted octanol–water partition coefficient (Wildman–Crippen LogP) is 3.07. The van der Waals surface area contributed by atoms with E-state index in [1.54, 1.807) is 18.3 Å². The van der Waals surface area contributed by atoms with E-state index in [9.17, 15) is 28.2 Å². The number of aliphatic hydroxyl groups is 2. The molecular weight excluding hydrogens is 425 g/mol. The van der Waals surface area contributed by atoms with Gasteiger partial charge in [-0.1, -0.05) is 12.1 Å². The quantitative estimate of drug-likeness (QED) is 0.493. The lowest BCUT2D eigenvalue weighted by Crippen LogP contribution is -2.29. The third-order valence-electron chi connectivity index (χ3n) is 5.03. The molecule has 0 atom stereocenters. The second kappa shape index (κ2) is 8.48. The Bertz CT molecular complexity index is 1300. The molecule has 10 heteroatoms. The Morgan fingerprint density at radius 1 is 1.03 bits per heavy atom. The smallest absolute Gasteiger partial charge is 0.394 e. The van der Waals surface area contributed by atoms with Gasteiger partial charge in [0, 0.05) is 23.5 Å². The molecule has 0 aliphatic rings. The van der Waals surface area contributed by atoms with Gasteiger partial charge in [0.05, 0.1) is 47.9 Å². The lowest BCUT2D eigenvalue weighted by Gasteiger charge is -2.16. The third-order valence-corrected chi connectivity index (χ3v) is 5.03. The maximum atomic E-state index is 13.1. The fourth-order valence-corrected chi connectivity index (χ4v) is 3.32. The number of rotatable bonds is 5. The van der Waals surface area contributed by atoms with Crippen molar-refractivity contribution in [2.45, 2.75) is 12.2 Å².